The molecule has 1 aliphatic heterocycles. The van der Waals surface area contributed by atoms with E-state index >= 15 is 0 Å². The van der Waals surface area contributed by atoms with Gasteiger partial charge >= 0.3 is 0 Å². The van der Waals surface area contributed by atoms with Gasteiger partial charge in [-0.15, -0.1) is 0 Å². The Morgan fingerprint density at radius 3 is 1.77 bits per heavy atom. The molecule has 3 heterocycles. The lowest BCUT2D eigenvalue weighted by atomic mass is 9.67. The largest absolute Gasteiger partial charge is 0.253 e. The first-order valence-corrected chi connectivity index (χ1v) is 18.9. The van der Waals surface area contributed by atoms with Gasteiger partial charge in [-0.25, -0.2) is 9.97 Å². The van der Waals surface area contributed by atoms with E-state index in [0.29, 0.717) is 0 Å². The molecule has 4 heteroatoms. The maximum Gasteiger partial charge on any atom is 0.126 e. The van der Waals surface area contributed by atoms with Crippen molar-refractivity contribution in [3.8, 4) is 56.0 Å². The quantitative estimate of drug-likeness (QED) is 0.183. The van der Waals surface area contributed by atoms with Gasteiger partial charge in [-0.2, -0.15) is 0 Å². The highest BCUT2D eigenvalue weighted by atomic mass is 32.2. The molecule has 10 rings (SSSR count). The van der Waals surface area contributed by atoms with Gasteiger partial charge in [0, 0.05) is 32.2 Å². The molecule has 0 fully saturated rings. The van der Waals surface area contributed by atoms with Gasteiger partial charge in [-0.1, -0.05) is 127 Å². The molecule has 1 aliphatic carbocycles. The summed E-state index contributed by atoms with van der Waals surface area (Å²) < 4.78 is 0. The number of nitrogens with zero attached hydrogens (tertiary/aromatic N) is 3. The third kappa shape index (κ3) is 5.01. The Bertz CT molecular complexity index is 2680. The number of hydrogen-bond donors (Lipinski definition) is 0. The summed E-state index contributed by atoms with van der Waals surface area (Å²) >= 11 is 1.87. The van der Waals surface area contributed by atoms with E-state index in [9.17, 15) is 0 Å². The lowest BCUT2D eigenvalue weighted by Crippen LogP contribution is -2.32. The molecular formula is C49H35N3S. The number of aromatic nitrogens is 3. The predicted molar refractivity (Wildman–Crippen MR) is 217 cm³/mol. The summed E-state index contributed by atoms with van der Waals surface area (Å²) in [6, 6.07) is 57.4. The van der Waals surface area contributed by atoms with Gasteiger partial charge in [0.2, 0.25) is 0 Å². The average molecular weight is 698 g/mol. The zero-order chi connectivity index (χ0) is 35.7. The molecule has 6 aromatic carbocycles. The van der Waals surface area contributed by atoms with Crippen molar-refractivity contribution in [2.45, 2.75) is 36.0 Å². The van der Waals surface area contributed by atoms with Crippen molar-refractivity contribution in [2.75, 3.05) is 0 Å². The Morgan fingerprint density at radius 2 is 1.02 bits per heavy atom. The summed E-state index contributed by atoms with van der Waals surface area (Å²) in [5.74, 6) is 0.746. The van der Waals surface area contributed by atoms with Crippen LogP contribution in [0.5, 0.6) is 0 Å². The van der Waals surface area contributed by atoms with Crippen LogP contribution in [0.2, 0.25) is 0 Å². The molecule has 1 spiro atoms. The number of hydrogen-bond acceptors (Lipinski definition) is 4. The molecule has 0 saturated carbocycles. The van der Waals surface area contributed by atoms with Gasteiger partial charge < -0.3 is 0 Å². The van der Waals surface area contributed by atoms with Crippen molar-refractivity contribution in [1.82, 2.24) is 15.0 Å². The minimum atomic E-state index is -0.488. The fourth-order valence-corrected chi connectivity index (χ4v) is 9.83. The van der Waals surface area contributed by atoms with Gasteiger partial charge in [0.05, 0.1) is 22.5 Å². The van der Waals surface area contributed by atoms with Crippen LogP contribution in [-0.4, -0.2) is 15.0 Å². The number of rotatable bonds is 4. The van der Waals surface area contributed by atoms with Crippen LogP contribution >= 0.6 is 11.8 Å². The average Bonchev–Trinajstić information content (AvgIpc) is 3.47. The van der Waals surface area contributed by atoms with Crippen molar-refractivity contribution in [1.29, 1.82) is 0 Å². The van der Waals surface area contributed by atoms with Gasteiger partial charge in [0.25, 0.3) is 0 Å². The van der Waals surface area contributed by atoms with Crippen molar-refractivity contribution < 1.29 is 0 Å². The van der Waals surface area contributed by atoms with Gasteiger partial charge in [0.15, 0.2) is 0 Å². The summed E-state index contributed by atoms with van der Waals surface area (Å²) in [4.78, 5) is 17.6. The molecule has 2 aliphatic rings. The van der Waals surface area contributed by atoms with Crippen LogP contribution in [0.4, 0.5) is 0 Å². The molecule has 0 bridgehead atoms. The molecule has 0 N–H and O–H groups in total. The van der Waals surface area contributed by atoms with E-state index in [0.717, 1.165) is 50.9 Å². The number of pyridine rings is 1. The highest BCUT2D eigenvalue weighted by Crippen LogP contribution is 2.62. The molecule has 3 nitrogen and oxygen atoms in total. The highest BCUT2D eigenvalue weighted by molar-refractivity contribution is 7.99. The molecular weight excluding hydrogens is 663 g/mol. The summed E-state index contributed by atoms with van der Waals surface area (Å²) in [5, 5.41) is 0. The maximum atomic E-state index is 5.04. The van der Waals surface area contributed by atoms with E-state index < -0.39 is 5.41 Å². The molecule has 252 valence electrons. The summed E-state index contributed by atoms with van der Waals surface area (Å²) in [7, 11) is 0. The molecule has 0 atom stereocenters. The summed E-state index contributed by atoms with van der Waals surface area (Å²) in [5.41, 5.74) is 17.9. The van der Waals surface area contributed by atoms with Crippen molar-refractivity contribution in [3.63, 3.8) is 0 Å². The lowest BCUT2D eigenvalue weighted by molar-refractivity contribution is 0.722. The first-order chi connectivity index (χ1) is 26.0. The van der Waals surface area contributed by atoms with Crippen LogP contribution in [0.1, 0.15) is 39.3 Å². The second-order valence-corrected chi connectivity index (χ2v) is 15.2. The van der Waals surface area contributed by atoms with Crippen LogP contribution in [0, 0.1) is 20.8 Å². The number of aryl methyl sites for hydroxylation is 3. The zero-order valence-corrected chi connectivity index (χ0v) is 30.6. The first kappa shape index (κ1) is 31.6. The van der Waals surface area contributed by atoms with Gasteiger partial charge in [-0.05, 0) is 113 Å². The monoisotopic (exact) mass is 697 g/mol. The first-order valence-electron chi connectivity index (χ1n) is 18.1. The Balaban J connectivity index is 1.21. The van der Waals surface area contributed by atoms with Crippen molar-refractivity contribution in [2.24, 2.45) is 0 Å². The minimum Gasteiger partial charge on any atom is -0.253 e. The van der Waals surface area contributed by atoms with Crippen LogP contribution in [-0.2, 0) is 5.41 Å². The summed E-state index contributed by atoms with van der Waals surface area (Å²) in [6.45, 7) is 6.22. The lowest BCUT2D eigenvalue weighted by Gasteiger charge is -2.39. The molecule has 0 saturated heterocycles. The van der Waals surface area contributed by atoms with Crippen molar-refractivity contribution in [3.05, 3.63) is 197 Å². The smallest absolute Gasteiger partial charge is 0.126 e. The van der Waals surface area contributed by atoms with Crippen LogP contribution in [0.3, 0.4) is 0 Å². The van der Waals surface area contributed by atoms with Crippen LogP contribution in [0.25, 0.3) is 56.0 Å². The van der Waals surface area contributed by atoms with Gasteiger partial charge in [0.1, 0.15) is 5.82 Å². The van der Waals surface area contributed by atoms with Crippen molar-refractivity contribution >= 4 is 11.8 Å². The molecule has 0 radical (unpaired) electrons. The number of fused-ring (bicyclic) bond motifs is 9. The molecule has 8 aromatic rings. The Labute approximate surface area is 314 Å². The fraction of sp³-hybridized carbons (Fsp3) is 0.0816. The second-order valence-electron chi connectivity index (χ2n) is 14.1. The molecule has 53 heavy (non-hydrogen) atoms. The predicted octanol–water partition coefficient (Wildman–Crippen LogP) is 12.3. The van der Waals surface area contributed by atoms with E-state index in [-0.39, 0.29) is 0 Å². The van der Waals surface area contributed by atoms with Gasteiger partial charge in [-0.3, -0.25) is 4.98 Å². The molecule has 0 unspecified atom stereocenters. The molecule has 2 aromatic heterocycles. The standard InChI is InChI=1S/C49H35N3S/c1-30-25-31(2)50-44(26-30)35-21-23-37-39-27-34(45-29-46(52-32(3)51-45)38-16-8-7-15-36(38)33-13-5-4-6-14-33)22-24-40(39)49(43(37)28-35)41-17-9-11-19-47(41)53-48-20-12-10-18-42(48)49/h4-29H,1-3H3. The van der Waals surface area contributed by atoms with E-state index in [2.05, 4.69) is 172 Å². The number of benzene rings is 6. The maximum absolute atomic E-state index is 5.04. The van der Waals surface area contributed by atoms with E-state index in [1.54, 1.807) is 0 Å². The minimum absolute atomic E-state index is 0.488. The second kappa shape index (κ2) is 12.3. The SMILES string of the molecule is Cc1cc(C)nc(-c2ccc3c(c2)C2(c4ccccc4Sc4ccccc42)c2ccc(-c4cc(-c5ccccc5-c5ccccc5)nc(C)n4)cc2-3)c1. The Kier molecular flexibility index (Phi) is 7.31. The third-order valence-electron chi connectivity index (χ3n) is 10.8. The highest BCUT2D eigenvalue weighted by Gasteiger charge is 2.50. The summed E-state index contributed by atoms with van der Waals surface area (Å²) in [6.07, 6.45) is 0. The molecule has 0 amide bonds. The topological polar surface area (TPSA) is 38.7 Å². The van der Waals surface area contributed by atoms with E-state index in [1.807, 2.05) is 18.7 Å². The van der Waals surface area contributed by atoms with Crippen LogP contribution in [0.15, 0.2) is 168 Å². The van der Waals surface area contributed by atoms with E-state index in [1.165, 1.54) is 54.3 Å². The Morgan fingerprint density at radius 1 is 0.396 bits per heavy atom. The van der Waals surface area contributed by atoms with Crippen LogP contribution < -0.4 is 0 Å². The zero-order valence-electron chi connectivity index (χ0n) is 29.8. The Hall–Kier alpha value is -6.10. The van der Waals surface area contributed by atoms with E-state index in [4.69, 9.17) is 15.0 Å². The third-order valence-corrected chi connectivity index (χ3v) is 11.9. The normalized spacial score (nSPS) is 13.3. The fourth-order valence-electron chi connectivity index (χ4n) is 8.64.